The number of methoxy groups -OCH3 is 1. The minimum atomic E-state index is -3.90. The van der Waals surface area contributed by atoms with Gasteiger partial charge in [-0.2, -0.15) is 0 Å². The molecule has 2 aromatic rings. The second-order valence-corrected chi connectivity index (χ2v) is 9.57. The molecule has 1 aromatic heterocycles. The lowest BCUT2D eigenvalue weighted by Crippen LogP contribution is -2.17. The van der Waals surface area contributed by atoms with Crippen LogP contribution < -0.4 is 9.46 Å². The molecule has 0 radical (unpaired) electrons. The highest BCUT2D eigenvalue weighted by molar-refractivity contribution is 7.92. The quantitative estimate of drug-likeness (QED) is 0.753. The first-order valence-corrected chi connectivity index (χ1v) is 10.9. The van der Waals surface area contributed by atoms with Crippen LogP contribution >= 0.6 is 23.2 Å². The fourth-order valence-electron chi connectivity index (χ4n) is 1.86. The standard InChI is InChI=1S/C13H13Cl2N3O5S2/c1-23-11-6-12(24(2,19)20)16-17-13(11)18-25(21,22)7-8-3-9(14)5-10(15)4-8/h3-6H,7H2,1-2H3,(H,17,18). The van der Waals surface area contributed by atoms with E-state index < -0.39 is 25.6 Å². The largest absolute Gasteiger partial charge is 0.493 e. The van der Waals surface area contributed by atoms with Crippen molar-refractivity contribution in [2.45, 2.75) is 10.8 Å². The molecule has 0 aliphatic carbocycles. The van der Waals surface area contributed by atoms with Crippen molar-refractivity contribution in [2.75, 3.05) is 18.1 Å². The predicted octanol–water partition coefficient (Wildman–Crippen LogP) is 2.14. The van der Waals surface area contributed by atoms with Crippen molar-refractivity contribution in [3.8, 4) is 5.75 Å². The average molecular weight is 426 g/mol. The lowest BCUT2D eigenvalue weighted by Gasteiger charge is -2.11. The van der Waals surface area contributed by atoms with Gasteiger partial charge in [-0.1, -0.05) is 23.2 Å². The number of aromatic nitrogens is 2. The first-order valence-electron chi connectivity index (χ1n) is 6.57. The lowest BCUT2D eigenvalue weighted by atomic mass is 10.2. The van der Waals surface area contributed by atoms with Gasteiger partial charge >= 0.3 is 0 Å². The second-order valence-electron chi connectivity index (χ2n) is 5.01. The zero-order valence-corrected chi connectivity index (χ0v) is 16.2. The van der Waals surface area contributed by atoms with E-state index in [0.29, 0.717) is 15.6 Å². The molecule has 0 aliphatic heterocycles. The van der Waals surface area contributed by atoms with Crippen molar-refractivity contribution in [3.05, 3.63) is 39.9 Å². The van der Waals surface area contributed by atoms with Gasteiger partial charge in [-0.3, -0.25) is 4.72 Å². The molecule has 0 aliphatic rings. The van der Waals surface area contributed by atoms with Crippen molar-refractivity contribution in [1.29, 1.82) is 0 Å². The number of nitrogens with one attached hydrogen (secondary N) is 1. The summed E-state index contributed by atoms with van der Waals surface area (Å²) in [6.07, 6.45) is 0.948. The zero-order chi connectivity index (χ0) is 18.8. The van der Waals surface area contributed by atoms with Gasteiger partial charge in [-0.15, -0.1) is 10.2 Å². The van der Waals surface area contributed by atoms with Crippen molar-refractivity contribution < 1.29 is 21.6 Å². The Morgan fingerprint density at radius 2 is 1.64 bits per heavy atom. The summed E-state index contributed by atoms with van der Waals surface area (Å²) in [6.45, 7) is 0. The van der Waals surface area contributed by atoms with Gasteiger partial charge < -0.3 is 4.74 Å². The van der Waals surface area contributed by atoms with E-state index >= 15 is 0 Å². The number of nitrogens with zero attached hydrogens (tertiary/aromatic N) is 2. The van der Waals surface area contributed by atoms with Crippen molar-refractivity contribution in [3.63, 3.8) is 0 Å². The third-order valence-corrected chi connectivity index (χ3v) is 5.48. The summed E-state index contributed by atoms with van der Waals surface area (Å²) in [5.74, 6) is -0.738. The smallest absolute Gasteiger partial charge is 0.238 e. The number of sulfonamides is 1. The highest BCUT2D eigenvalue weighted by atomic mass is 35.5. The van der Waals surface area contributed by atoms with E-state index in [-0.39, 0.29) is 16.6 Å². The maximum absolute atomic E-state index is 12.3. The third-order valence-electron chi connectivity index (χ3n) is 2.87. The van der Waals surface area contributed by atoms with Gasteiger partial charge in [-0.05, 0) is 23.8 Å². The summed E-state index contributed by atoms with van der Waals surface area (Å²) in [6, 6.07) is 5.48. The Balaban J connectivity index is 2.31. The highest BCUT2D eigenvalue weighted by Gasteiger charge is 2.20. The van der Waals surface area contributed by atoms with Gasteiger partial charge in [0.15, 0.2) is 20.6 Å². The molecule has 12 heteroatoms. The van der Waals surface area contributed by atoms with Crippen LogP contribution in [-0.4, -0.2) is 40.4 Å². The Kier molecular flexibility index (Phi) is 5.77. The number of ether oxygens (including phenoxy) is 1. The second kappa shape index (κ2) is 7.32. The van der Waals surface area contributed by atoms with Crippen LogP contribution in [0.5, 0.6) is 5.75 Å². The summed E-state index contributed by atoms with van der Waals surface area (Å²) in [5.41, 5.74) is 0.365. The number of halogens is 2. The maximum Gasteiger partial charge on any atom is 0.238 e. The minimum Gasteiger partial charge on any atom is -0.493 e. The molecular formula is C13H13Cl2N3O5S2. The lowest BCUT2D eigenvalue weighted by molar-refractivity contribution is 0.411. The average Bonchev–Trinajstić information content (AvgIpc) is 2.44. The molecule has 25 heavy (non-hydrogen) atoms. The number of sulfone groups is 1. The molecule has 0 unspecified atom stereocenters. The van der Waals surface area contributed by atoms with E-state index in [1.165, 1.54) is 25.3 Å². The van der Waals surface area contributed by atoms with Crippen LogP contribution in [0.1, 0.15) is 5.56 Å². The Morgan fingerprint density at radius 1 is 1.04 bits per heavy atom. The van der Waals surface area contributed by atoms with Crippen molar-refractivity contribution in [1.82, 2.24) is 10.2 Å². The zero-order valence-electron chi connectivity index (χ0n) is 13.0. The maximum atomic E-state index is 12.3. The molecule has 1 heterocycles. The van der Waals surface area contributed by atoms with Crippen molar-refractivity contribution in [2.24, 2.45) is 0 Å². The van der Waals surface area contributed by atoms with Crippen LogP contribution in [0.2, 0.25) is 10.0 Å². The minimum absolute atomic E-state index is 0.0804. The number of anilines is 1. The van der Waals surface area contributed by atoms with Crippen LogP contribution in [0, 0.1) is 0 Å². The van der Waals surface area contributed by atoms with Gasteiger partial charge in [0, 0.05) is 22.4 Å². The van der Waals surface area contributed by atoms with Crippen LogP contribution in [0.15, 0.2) is 29.3 Å². The fourth-order valence-corrected chi connectivity index (χ4v) is 4.06. The molecule has 1 N–H and O–H groups in total. The molecular weight excluding hydrogens is 413 g/mol. The highest BCUT2D eigenvalue weighted by Crippen LogP contribution is 2.26. The predicted molar refractivity (Wildman–Crippen MR) is 94.4 cm³/mol. The molecule has 0 atom stereocenters. The summed E-state index contributed by atoms with van der Waals surface area (Å²) >= 11 is 11.7. The molecule has 0 fully saturated rings. The van der Waals surface area contributed by atoms with E-state index in [1.807, 2.05) is 0 Å². The molecule has 136 valence electrons. The van der Waals surface area contributed by atoms with Gasteiger partial charge in [0.2, 0.25) is 15.8 Å². The molecule has 0 saturated heterocycles. The number of hydrogen-bond acceptors (Lipinski definition) is 7. The first-order chi connectivity index (χ1) is 11.5. The number of hydrogen-bond donors (Lipinski definition) is 1. The van der Waals surface area contributed by atoms with Gasteiger partial charge in [-0.25, -0.2) is 16.8 Å². The molecule has 8 nitrogen and oxygen atoms in total. The van der Waals surface area contributed by atoms with Crippen LogP contribution in [0.3, 0.4) is 0 Å². The summed E-state index contributed by atoms with van der Waals surface area (Å²) in [7, 11) is -6.27. The SMILES string of the molecule is COc1cc(S(C)(=O)=O)nnc1NS(=O)(=O)Cc1cc(Cl)cc(Cl)c1. The fraction of sp³-hybridized carbons (Fsp3) is 0.231. The topological polar surface area (TPSA) is 115 Å². The third kappa shape index (κ3) is 5.43. The molecule has 0 bridgehead atoms. The molecule has 0 saturated carbocycles. The molecule has 0 spiro atoms. The monoisotopic (exact) mass is 425 g/mol. The normalized spacial score (nSPS) is 12.0. The molecule has 2 rings (SSSR count). The first kappa shape index (κ1) is 19.7. The number of benzene rings is 1. The Hall–Kier alpha value is -1.62. The molecule has 1 aromatic carbocycles. The van der Waals surface area contributed by atoms with Crippen LogP contribution in [-0.2, 0) is 25.6 Å². The molecule has 0 amide bonds. The summed E-state index contributed by atoms with van der Waals surface area (Å²) in [5, 5.41) is 7.33. The van der Waals surface area contributed by atoms with Gasteiger partial charge in [0.25, 0.3) is 0 Å². The van der Waals surface area contributed by atoms with E-state index in [4.69, 9.17) is 27.9 Å². The Bertz CT molecular complexity index is 990. The Labute approximate surface area is 155 Å². The van der Waals surface area contributed by atoms with Gasteiger partial charge in [0.05, 0.1) is 12.9 Å². The van der Waals surface area contributed by atoms with Crippen LogP contribution in [0.25, 0.3) is 0 Å². The van der Waals surface area contributed by atoms with Crippen LogP contribution in [0.4, 0.5) is 5.82 Å². The van der Waals surface area contributed by atoms with Gasteiger partial charge in [0.1, 0.15) is 0 Å². The Morgan fingerprint density at radius 3 is 2.16 bits per heavy atom. The summed E-state index contributed by atoms with van der Waals surface area (Å²) < 4.78 is 54.7. The van der Waals surface area contributed by atoms with E-state index in [0.717, 1.165) is 12.3 Å². The number of rotatable bonds is 6. The summed E-state index contributed by atoms with van der Waals surface area (Å²) in [4.78, 5) is 0. The van der Waals surface area contributed by atoms with Crippen molar-refractivity contribution >= 4 is 48.9 Å². The van der Waals surface area contributed by atoms with E-state index in [1.54, 1.807) is 0 Å². The van der Waals surface area contributed by atoms with E-state index in [9.17, 15) is 16.8 Å². The van der Waals surface area contributed by atoms with E-state index in [2.05, 4.69) is 14.9 Å².